The van der Waals surface area contributed by atoms with Crippen LogP contribution in [0, 0.1) is 0 Å². The first-order chi connectivity index (χ1) is 6.08. The zero-order valence-corrected chi connectivity index (χ0v) is 8.78. The molecule has 0 amide bonds. The Balaban J connectivity index is 2.43. The molecule has 1 fully saturated rings. The maximum atomic E-state index is 11.4. The molecule has 74 valence electrons. The highest BCUT2D eigenvalue weighted by molar-refractivity contribution is 8.01. The molecule has 13 heavy (non-hydrogen) atoms. The van der Waals surface area contributed by atoms with E-state index >= 15 is 0 Å². The molecule has 4 heteroatoms. The van der Waals surface area contributed by atoms with Crippen molar-refractivity contribution >= 4 is 23.5 Å². The lowest BCUT2D eigenvalue weighted by Gasteiger charge is -2.19. The highest BCUT2D eigenvalue weighted by Crippen LogP contribution is 2.38. The second-order valence-electron chi connectivity index (χ2n) is 3.33. The molecule has 0 saturated carbocycles. The maximum Gasteiger partial charge on any atom is 0.305 e. The van der Waals surface area contributed by atoms with E-state index in [0.29, 0.717) is 19.3 Å². The highest BCUT2D eigenvalue weighted by atomic mass is 32.2. The van der Waals surface area contributed by atoms with Crippen molar-refractivity contribution in [1.29, 1.82) is 0 Å². The van der Waals surface area contributed by atoms with Gasteiger partial charge in [-0.2, -0.15) is 0 Å². The van der Waals surface area contributed by atoms with Crippen molar-refractivity contribution < 1.29 is 14.3 Å². The first-order valence-corrected chi connectivity index (χ1v) is 5.31. The van der Waals surface area contributed by atoms with Gasteiger partial charge in [-0.1, -0.05) is 0 Å². The van der Waals surface area contributed by atoms with Crippen LogP contribution in [0.25, 0.3) is 0 Å². The molecule has 1 rings (SSSR count). The van der Waals surface area contributed by atoms with Gasteiger partial charge in [-0.05, 0) is 13.3 Å². The summed E-state index contributed by atoms with van der Waals surface area (Å²) in [5, 5.41) is 0. The fourth-order valence-electron chi connectivity index (χ4n) is 1.37. The first-order valence-electron chi connectivity index (χ1n) is 4.32. The smallest absolute Gasteiger partial charge is 0.305 e. The number of hydrogen-bond donors (Lipinski definition) is 0. The van der Waals surface area contributed by atoms with Crippen molar-refractivity contribution in [3.05, 3.63) is 0 Å². The van der Waals surface area contributed by atoms with Crippen LogP contribution in [0.15, 0.2) is 0 Å². The highest BCUT2D eigenvalue weighted by Gasteiger charge is 2.38. The van der Waals surface area contributed by atoms with Crippen LogP contribution in [0.1, 0.15) is 26.2 Å². The molecule has 1 unspecified atom stereocenters. The molecule has 0 aromatic heterocycles. The van der Waals surface area contributed by atoms with E-state index in [1.165, 1.54) is 7.11 Å². The SMILES string of the molecule is COC(=O)CCC1(C)SCCC1=O. The van der Waals surface area contributed by atoms with Crippen molar-refractivity contribution in [3.8, 4) is 0 Å². The molecule has 0 aromatic carbocycles. The van der Waals surface area contributed by atoms with Crippen molar-refractivity contribution in [2.45, 2.75) is 30.9 Å². The molecule has 1 saturated heterocycles. The summed E-state index contributed by atoms with van der Waals surface area (Å²) in [6, 6.07) is 0. The molecular weight excluding hydrogens is 188 g/mol. The lowest BCUT2D eigenvalue weighted by molar-refractivity contribution is -0.140. The van der Waals surface area contributed by atoms with E-state index in [0.717, 1.165) is 5.75 Å². The molecule has 0 bridgehead atoms. The zero-order chi connectivity index (χ0) is 9.90. The van der Waals surface area contributed by atoms with E-state index in [2.05, 4.69) is 4.74 Å². The standard InChI is InChI=1S/C9H14O3S/c1-9(5-3-8(11)12-2)7(10)4-6-13-9/h3-6H2,1-2H3. The van der Waals surface area contributed by atoms with Gasteiger partial charge in [0.1, 0.15) is 5.78 Å². The zero-order valence-electron chi connectivity index (χ0n) is 7.96. The van der Waals surface area contributed by atoms with Crippen molar-refractivity contribution in [2.24, 2.45) is 0 Å². The molecular formula is C9H14O3S. The minimum atomic E-state index is -0.339. The van der Waals surface area contributed by atoms with Gasteiger partial charge in [-0.25, -0.2) is 0 Å². The summed E-state index contributed by atoms with van der Waals surface area (Å²) in [6.45, 7) is 1.91. The van der Waals surface area contributed by atoms with Crippen LogP contribution in [-0.2, 0) is 14.3 Å². The monoisotopic (exact) mass is 202 g/mol. The Morgan fingerprint density at radius 2 is 2.38 bits per heavy atom. The van der Waals surface area contributed by atoms with E-state index in [-0.39, 0.29) is 16.5 Å². The quantitative estimate of drug-likeness (QED) is 0.649. The van der Waals surface area contributed by atoms with Gasteiger partial charge in [0.25, 0.3) is 0 Å². The molecule has 0 spiro atoms. The molecule has 1 aliphatic heterocycles. The summed E-state index contributed by atoms with van der Waals surface area (Å²) in [6.07, 6.45) is 1.58. The fraction of sp³-hybridized carbons (Fsp3) is 0.778. The number of esters is 1. The van der Waals surface area contributed by atoms with Crippen molar-refractivity contribution in [2.75, 3.05) is 12.9 Å². The topological polar surface area (TPSA) is 43.4 Å². The van der Waals surface area contributed by atoms with Crippen LogP contribution >= 0.6 is 11.8 Å². The predicted molar refractivity (Wildman–Crippen MR) is 51.7 cm³/mol. The van der Waals surface area contributed by atoms with Gasteiger partial charge in [0, 0.05) is 18.6 Å². The van der Waals surface area contributed by atoms with Gasteiger partial charge in [-0.3, -0.25) is 9.59 Å². The van der Waals surface area contributed by atoms with Crippen LogP contribution < -0.4 is 0 Å². The molecule has 1 heterocycles. The van der Waals surface area contributed by atoms with Crippen molar-refractivity contribution in [1.82, 2.24) is 0 Å². The van der Waals surface area contributed by atoms with Crippen molar-refractivity contribution in [3.63, 3.8) is 0 Å². The minimum absolute atomic E-state index is 0.235. The molecule has 3 nitrogen and oxygen atoms in total. The van der Waals surface area contributed by atoms with E-state index in [4.69, 9.17) is 0 Å². The summed E-state index contributed by atoms with van der Waals surface area (Å²) in [5.41, 5.74) is 0. The Bertz CT molecular complexity index is 227. The molecule has 1 aliphatic rings. The van der Waals surface area contributed by atoms with Gasteiger partial charge in [0.2, 0.25) is 0 Å². The van der Waals surface area contributed by atoms with E-state index < -0.39 is 0 Å². The number of rotatable bonds is 3. The molecule has 1 atom stereocenters. The predicted octanol–water partition coefficient (Wildman–Crippen LogP) is 1.40. The molecule has 0 N–H and O–H groups in total. The number of carbonyl (C=O) groups excluding carboxylic acids is 2. The van der Waals surface area contributed by atoms with Gasteiger partial charge in [0.15, 0.2) is 0 Å². The number of ether oxygens (including phenoxy) is 1. The maximum absolute atomic E-state index is 11.4. The van der Waals surface area contributed by atoms with E-state index in [1.807, 2.05) is 6.92 Å². The lowest BCUT2D eigenvalue weighted by Crippen LogP contribution is -2.27. The number of hydrogen-bond acceptors (Lipinski definition) is 4. The number of methoxy groups -OCH3 is 1. The normalized spacial score (nSPS) is 27.7. The average Bonchev–Trinajstić information content (AvgIpc) is 2.44. The minimum Gasteiger partial charge on any atom is -0.469 e. The third-order valence-corrected chi connectivity index (χ3v) is 3.85. The largest absolute Gasteiger partial charge is 0.469 e. The van der Waals surface area contributed by atoms with E-state index in [9.17, 15) is 9.59 Å². The second kappa shape index (κ2) is 4.13. The molecule has 0 radical (unpaired) electrons. The Hall–Kier alpha value is -0.510. The van der Waals surface area contributed by atoms with E-state index in [1.54, 1.807) is 11.8 Å². The van der Waals surface area contributed by atoms with Gasteiger partial charge in [-0.15, -0.1) is 11.8 Å². The van der Waals surface area contributed by atoms with Gasteiger partial charge >= 0.3 is 5.97 Å². The third-order valence-electron chi connectivity index (χ3n) is 2.37. The number of ketones is 1. The molecule has 0 aromatic rings. The molecule has 0 aliphatic carbocycles. The summed E-state index contributed by atoms with van der Waals surface area (Å²) < 4.78 is 4.19. The van der Waals surface area contributed by atoms with Gasteiger partial charge in [0.05, 0.1) is 11.9 Å². The summed E-state index contributed by atoms with van der Waals surface area (Å²) in [4.78, 5) is 22.3. The second-order valence-corrected chi connectivity index (χ2v) is 4.93. The Morgan fingerprint density at radius 1 is 1.69 bits per heavy atom. The average molecular weight is 202 g/mol. The Kier molecular flexibility index (Phi) is 3.36. The Morgan fingerprint density at radius 3 is 2.85 bits per heavy atom. The number of thioether (sulfide) groups is 1. The first kappa shape index (κ1) is 10.6. The fourth-order valence-corrected chi connectivity index (χ4v) is 2.62. The number of carbonyl (C=O) groups is 2. The summed E-state index contributed by atoms with van der Waals surface area (Å²) in [5.74, 6) is 0.916. The summed E-state index contributed by atoms with van der Waals surface area (Å²) >= 11 is 1.65. The lowest BCUT2D eigenvalue weighted by atomic mass is 9.98. The Labute approximate surface area is 82.2 Å². The van der Waals surface area contributed by atoms with Crippen LogP contribution in [0.4, 0.5) is 0 Å². The number of Topliss-reactive ketones (excluding diaryl/α,β-unsaturated/α-hetero) is 1. The third kappa shape index (κ3) is 2.46. The van der Waals surface area contributed by atoms with Crippen LogP contribution in [0.2, 0.25) is 0 Å². The van der Waals surface area contributed by atoms with Crippen LogP contribution in [-0.4, -0.2) is 29.4 Å². The summed E-state index contributed by atoms with van der Waals surface area (Å²) in [7, 11) is 1.37. The van der Waals surface area contributed by atoms with Gasteiger partial charge < -0.3 is 4.74 Å². The van der Waals surface area contributed by atoms with Crippen LogP contribution in [0.3, 0.4) is 0 Å². The van der Waals surface area contributed by atoms with Crippen LogP contribution in [0.5, 0.6) is 0 Å².